The molecule has 0 aliphatic rings. The van der Waals surface area contributed by atoms with Crippen molar-refractivity contribution in [2.75, 3.05) is 0 Å². The monoisotopic (exact) mass is 488 g/mol. The van der Waals surface area contributed by atoms with Crippen LogP contribution in [0, 0.1) is 0 Å². The molecule has 4 aromatic carbocycles. The zero-order valence-electron chi connectivity index (χ0n) is 17.8. The number of halogens is 2. The van der Waals surface area contributed by atoms with E-state index in [1.165, 1.54) is 6.26 Å². The van der Waals surface area contributed by atoms with Crippen LogP contribution in [0.4, 0.5) is 0 Å². The van der Waals surface area contributed by atoms with E-state index in [0.29, 0.717) is 39.1 Å². The van der Waals surface area contributed by atoms with Gasteiger partial charge in [-0.15, -0.1) is 0 Å². The molecule has 6 heteroatoms. The van der Waals surface area contributed by atoms with Gasteiger partial charge in [-0.2, -0.15) is 0 Å². The minimum atomic E-state index is -0.260. The third-order valence-electron chi connectivity index (χ3n) is 5.29. The quantitative estimate of drug-likeness (QED) is 0.242. The average Bonchev–Trinajstić information content (AvgIpc) is 2.87. The van der Waals surface area contributed by atoms with Gasteiger partial charge in [0.05, 0.1) is 15.4 Å². The van der Waals surface area contributed by atoms with Gasteiger partial charge >= 0.3 is 0 Å². The first kappa shape index (κ1) is 22.1. The smallest absolute Gasteiger partial charge is 0.235 e. The van der Waals surface area contributed by atoms with Crippen LogP contribution in [0.5, 0.6) is 17.2 Å². The molecule has 0 saturated heterocycles. The van der Waals surface area contributed by atoms with E-state index >= 15 is 0 Å². The van der Waals surface area contributed by atoms with Crippen molar-refractivity contribution < 1.29 is 13.9 Å². The number of hydrogen-bond acceptors (Lipinski definition) is 4. The molecule has 1 heterocycles. The highest BCUT2D eigenvalue weighted by molar-refractivity contribution is 6.42. The van der Waals surface area contributed by atoms with E-state index in [9.17, 15) is 4.79 Å². The Kier molecular flexibility index (Phi) is 6.26. The molecule has 0 aliphatic carbocycles. The Labute approximate surface area is 205 Å². The number of benzene rings is 4. The predicted molar refractivity (Wildman–Crippen MR) is 135 cm³/mol. The molecule has 0 fully saturated rings. The summed E-state index contributed by atoms with van der Waals surface area (Å²) in [7, 11) is 0. The fourth-order valence-corrected chi connectivity index (χ4v) is 3.84. The van der Waals surface area contributed by atoms with Crippen molar-refractivity contribution in [3.05, 3.63) is 123 Å². The molecule has 0 aliphatic heterocycles. The molecule has 0 amide bonds. The molecule has 0 spiro atoms. The highest BCUT2D eigenvalue weighted by atomic mass is 35.5. The number of rotatable bonds is 6. The summed E-state index contributed by atoms with van der Waals surface area (Å²) in [6.07, 6.45) is 1.32. The van der Waals surface area contributed by atoms with Gasteiger partial charge in [0.15, 0.2) is 0 Å². The van der Waals surface area contributed by atoms with Crippen LogP contribution < -0.4 is 14.9 Å². The average molecular weight is 489 g/mol. The lowest BCUT2D eigenvalue weighted by molar-refractivity contribution is 0.306. The fraction of sp³-hybridized carbons (Fsp3) is 0.0357. The van der Waals surface area contributed by atoms with E-state index in [1.807, 2.05) is 60.7 Å². The fourth-order valence-electron chi connectivity index (χ4n) is 3.52. The summed E-state index contributed by atoms with van der Waals surface area (Å²) < 4.78 is 17.3. The summed E-state index contributed by atoms with van der Waals surface area (Å²) in [6, 6.07) is 27.9. The van der Waals surface area contributed by atoms with E-state index in [1.54, 1.807) is 30.3 Å². The van der Waals surface area contributed by atoms with Gasteiger partial charge < -0.3 is 13.9 Å². The van der Waals surface area contributed by atoms with E-state index in [0.717, 1.165) is 16.7 Å². The topological polar surface area (TPSA) is 48.7 Å². The largest absolute Gasteiger partial charge is 0.489 e. The zero-order valence-corrected chi connectivity index (χ0v) is 19.3. The molecule has 0 N–H and O–H groups in total. The lowest BCUT2D eigenvalue weighted by Crippen LogP contribution is -2.05. The number of ether oxygens (including phenoxy) is 2. The Morgan fingerprint density at radius 2 is 1.47 bits per heavy atom. The molecule has 1 aromatic heterocycles. The van der Waals surface area contributed by atoms with Gasteiger partial charge in [0, 0.05) is 6.07 Å². The molecule has 4 nitrogen and oxygen atoms in total. The maximum atomic E-state index is 12.9. The van der Waals surface area contributed by atoms with Crippen molar-refractivity contribution in [2.24, 2.45) is 0 Å². The molecule has 0 unspecified atom stereocenters. The molecule has 168 valence electrons. The van der Waals surface area contributed by atoms with Crippen LogP contribution in [0.25, 0.3) is 22.1 Å². The Balaban J connectivity index is 1.32. The van der Waals surface area contributed by atoms with Gasteiger partial charge in [0.2, 0.25) is 11.2 Å². The van der Waals surface area contributed by atoms with Gasteiger partial charge in [0.1, 0.15) is 30.0 Å². The first-order valence-electron chi connectivity index (χ1n) is 10.5. The molecule has 0 radical (unpaired) electrons. The molecular formula is C28H18Cl2O4. The van der Waals surface area contributed by atoms with Gasteiger partial charge in [-0.3, -0.25) is 4.79 Å². The van der Waals surface area contributed by atoms with Gasteiger partial charge in [-0.25, -0.2) is 0 Å². The normalized spacial score (nSPS) is 10.9. The Hall–Kier alpha value is -3.73. The summed E-state index contributed by atoms with van der Waals surface area (Å²) in [6.45, 7) is 0.298. The van der Waals surface area contributed by atoms with Crippen LogP contribution in [0.1, 0.15) is 5.56 Å². The van der Waals surface area contributed by atoms with Crippen molar-refractivity contribution in [3.8, 4) is 28.4 Å². The van der Waals surface area contributed by atoms with E-state index in [-0.39, 0.29) is 11.2 Å². The summed E-state index contributed by atoms with van der Waals surface area (Å²) in [5.74, 6) is 1.23. The van der Waals surface area contributed by atoms with E-state index in [4.69, 9.17) is 37.1 Å². The molecule has 0 saturated carbocycles. The second kappa shape index (κ2) is 9.64. The minimum absolute atomic E-state index is 0.115. The maximum Gasteiger partial charge on any atom is 0.235 e. The second-order valence-electron chi connectivity index (χ2n) is 7.62. The summed E-state index contributed by atoms with van der Waals surface area (Å²) in [5, 5.41) is 1.36. The Morgan fingerprint density at radius 1 is 0.735 bits per heavy atom. The maximum absolute atomic E-state index is 12.9. The van der Waals surface area contributed by atoms with Crippen LogP contribution in [0.3, 0.4) is 0 Å². The molecular weight excluding hydrogens is 471 g/mol. The molecule has 5 rings (SSSR count). The Bertz CT molecular complexity index is 1510. The summed E-state index contributed by atoms with van der Waals surface area (Å²) >= 11 is 12.0. The van der Waals surface area contributed by atoms with Crippen LogP contribution in [0.15, 0.2) is 106 Å². The highest BCUT2D eigenvalue weighted by Gasteiger charge is 2.11. The lowest BCUT2D eigenvalue weighted by Gasteiger charge is -2.09. The first-order valence-corrected chi connectivity index (χ1v) is 11.3. The SMILES string of the molecule is O=c1c(Oc2ccc(-c3ccccc3)cc2)coc2cc(OCc3ccc(Cl)c(Cl)c3)ccc12. The zero-order chi connectivity index (χ0) is 23.5. The number of fused-ring (bicyclic) bond motifs is 1. The molecule has 5 aromatic rings. The standard InChI is InChI=1S/C28H18Cl2O4/c29-24-13-6-18(14-25(24)30)16-32-22-11-12-23-26(15-22)33-17-27(28(23)31)34-21-9-7-20(8-10-21)19-4-2-1-3-5-19/h1-15,17H,16H2. The minimum Gasteiger partial charge on any atom is -0.489 e. The Morgan fingerprint density at radius 3 is 2.24 bits per heavy atom. The lowest BCUT2D eigenvalue weighted by atomic mass is 10.1. The molecule has 0 atom stereocenters. The summed E-state index contributed by atoms with van der Waals surface area (Å²) in [5.41, 5.74) is 3.19. The van der Waals surface area contributed by atoms with Gasteiger partial charge in [-0.05, 0) is 53.1 Å². The van der Waals surface area contributed by atoms with E-state index in [2.05, 4.69) is 0 Å². The van der Waals surface area contributed by atoms with Gasteiger partial charge in [-0.1, -0.05) is 71.7 Å². The number of hydrogen-bond donors (Lipinski definition) is 0. The van der Waals surface area contributed by atoms with Gasteiger partial charge in [0.25, 0.3) is 0 Å². The van der Waals surface area contributed by atoms with Crippen LogP contribution in [-0.4, -0.2) is 0 Å². The third-order valence-corrected chi connectivity index (χ3v) is 6.03. The van der Waals surface area contributed by atoms with Crippen molar-refractivity contribution in [2.45, 2.75) is 6.61 Å². The van der Waals surface area contributed by atoms with Crippen LogP contribution in [-0.2, 0) is 6.61 Å². The summed E-state index contributed by atoms with van der Waals surface area (Å²) in [4.78, 5) is 12.9. The third kappa shape index (κ3) is 4.79. The van der Waals surface area contributed by atoms with Crippen molar-refractivity contribution in [3.63, 3.8) is 0 Å². The van der Waals surface area contributed by atoms with Crippen LogP contribution in [0.2, 0.25) is 10.0 Å². The van der Waals surface area contributed by atoms with Crippen molar-refractivity contribution in [1.29, 1.82) is 0 Å². The first-order chi connectivity index (χ1) is 16.6. The molecule has 34 heavy (non-hydrogen) atoms. The highest BCUT2D eigenvalue weighted by Crippen LogP contribution is 2.27. The van der Waals surface area contributed by atoms with Crippen molar-refractivity contribution in [1.82, 2.24) is 0 Å². The predicted octanol–water partition coefficient (Wildman–Crippen LogP) is 8.14. The second-order valence-corrected chi connectivity index (χ2v) is 8.43. The van der Waals surface area contributed by atoms with Crippen LogP contribution >= 0.6 is 23.2 Å². The molecule has 0 bridgehead atoms. The van der Waals surface area contributed by atoms with E-state index < -0.39 is 0 Å². The van der Waals surface area contributed by atoms with Crippen molar-refractivity contribution >= 4 is 34.2 Å².